The molecule has 0 saturated heterocycles. The van der Waals surface area contributed by atoms with Gasteiger partial charge in [-0.25, -0.2) is 0 Å². The Labute approximate surface area is 118 Å². The first-order chi connectivity index (χ1) is 9.11. The third-order valence-electron chi connectivity index (χ3n) is 2.11. The fourth-order valence-electron chi connectivity index (χ4n) is 1.15. The normalized spacial score (nSPS) is 9.32. The predicted octanol–water partition coefficient (Wildman–Crippen LogP) is 1.06. The molecule has 0 aliphatic rings. The highest BCUT2D eigenvalue weighted by Crippen LogP contribution is 2.10. The van der Waals surface area contributed by atoms with E-state index in [0.717, 1.165) is 5.56 Å². The van der Waals surface area contributed by atoms with Crippen molar-refractivity contribution in [1.82, 2.24) is 16.2 Å². The van der Waals surface area contributed by atoms with Crippen molar-refractivity contribution < 1.29 is 9.53 Å². The van der Waals surface area contributed by atoms with Crippen LogP contribution in [0.1, 0.15) is 5.56 Å². The number of ether oxygens (including phenoxy) is 1. The van der Waals surface area contributed by atoms with Crippen LogP contribution in [0.15, 0.2) is 36.9 Å². The topological polar surface area (TPSA) is 62.4 Å². The van der Waals surface area contributed by atoms with E-state index < -0.39 is 0 Å². The summed E-state index contributed by atoms with van der Waals surface area (Å²) >= 11 is 4.90. The molecule has 1 aromatic rings. The van der Waals surface area contributed by atoms with Gasteiger partial charge in [0.15, 0.2) is 11.7 Å². The molecule has 6 heteroatoms. The molecule has 1 aromatic carbocycles. The Hall–Kier alpha value is -2.08. The number of hydrogen-bond donors (Lipinski definition) is 3. The van der Waals surface area contributed by atoms with Crippen LogP contribution in [0, 0.1) is 6.92 Å². The van der Waals surface area contributed by atoms with E-state index in [1.165, 1.54) is 0 Å². The summed E-state index contributed by atoms with van der Waals surface area (Å²) < 4.78 is 5.30. The number of carbonyl (C=O) groups excluding carboxylic acids is 1. The largest absolute Gasteiger partial charge is 0.484 e. The Kier molecular flexibility index (Phi) is 6.38. The van der Waals surface area contributed by atoms with E-state index in [0.29, 0.717) is 17.4 Å². The van der Waals surface area contributed by atoms with Gasteiger partial charge in [-0.15, -0.1) is 6.58 Å². The third-order valence-corrected chi connectivity index (χ3v) is 2.36. The number of hydrazine groups is 1. The Bertz CT molecular complexity index is 446. The van der Waals surface area contributed by atoms with Gasteiger partial charge in [-0.1, -0.05) is 23.8 Å². The Morgan fingerprint density at radius 2 is 2.05 bits per heavy atom. The summed E-state index contributed by atoms with van der Waals surface area (Å²) in [5.41, 5.74) is 6.11. The maximum absolute atomic E-state index is 11.5. The maximum atomic E-state index is 11.5. The molecule has 102 valence electrons. The van der Waals surface area contributed by atoms with Crippen LogP contribution in [0.2, 0.25) is 0 Å². The third kappa shape index (κ3) is 6.42. The van der Waals surface area contributed by atoms with Gasteiger partial charge < -0.3 is 10.1 Å². The number of nitrogens with one attached hydrogen (secondary N) is 3. The first-order valence-corrected chi connectivity index (χ1v) is 6.15. The van der Waals surface area contributed by atoms with Crippen LogP contribution in [0.3, 0.4) is 0 Å². The van der Waals surface area contributed by atoms with Crippen LogP contribution < -0.4 is 20.9 Å². The number of carbonyl (C=O) groups is 1. The molecule has 0 fully saturated rings. The van der Waals surface area contributed by atoms with E-state index in [9.17, 15) is 4.79 Å². The average Bonchev–Trinajstić information content (AvgIpc) is 2.42. The van der Waals surface area contributed by atoms with E-state index >= 15 is 0 Å². The molecule has 0 bridgehead atoms. The molecular weight excluding hydrogens is 262 g/mol. The van der Waals surface area contributed by atoms with Crippen molar-refractivity contribution in [3.63, 3.8) is 0 Å². The molecule has 0 spiro atoms. The second kappa shape index (κ2) is 8.10. The van der Waals surface area contributed by atoms with Crippen LogP contribution in [0.25, 0.3) is 0 Å². The van der Waals surface area contributed by atoms with Crippen molar-refractivity contribution in [2.24, 2.45) is 0 Å². The number of amides is 1. The quantitative estimate of drug-likeness (QED) is 0.427. The lowest BCUT2D eigenvalue weighted by Gasteiger charge is -2.11. The summed E-state index contributed by atoms with van der Waals surface area (Å²) in [6, 6.07) is 7.46. The standard InChI is InChI=1S/C13H17N3O2S/c1-3-8-14-13(19)16-15-12(17)9-18-11-6-4-10(2)5-7-11/h3-7H,1,8-9H2,2H3,(H,15,17)(H2,14,16,19). The maximum Gasteiger partial charge on any atom is 0.276 e. The van der Waals surface area contributed by atoms with Gasteiger partial charge in [0.05, 0.1) is 0 Å². The SMILES string of the molecule is C=CCNC(=S)NNC(=O)COc1ccc(C)cc1. The number of thiocarbonyl (C=S) groups is 1. The lowest BCUT2D eigenvalue weighted by molar-refractivity contribution is -0.123. The Morgan fingerprint density at radius 3 is 2.68 bits per heavy atom. The molecule has 0 aromatic heterocycles. The number of aryl methyl sites for hydroxylation is 1. The molecule has 0 atom stereocenters. The average molecular weight is 279 g/mol. The predicted molar refractivity (Wildman–Crippen MR) is 78.8 cm³/mol. The van der Waals surface area contributed by atoms with Gasteiger partial charge in [0.25, 0.3) is 5.91 Å². The van der Waals surface area contributed by atoms with E-state index in [1.54, 1.807) is 6.08 Å². The van der Waals surface area contributed by atoms with E-state index in [4.69, 9.17) is 17.0 Å². The van der Waals surface area contributed by atoms with Crippen molar-refractivity contribution in [3.8, 4) is 5.75 Å². The summed E-state index contributed by atoms with van der Waals surface area (Å²) in [6.07, 6.45) is 1.66. The van der Waals surface area contributed by atoms with Crippen molar-refractivity contribution in [1.29, 1.82) is 0 Å². The molecule has 0 saturated carbocycles. The van der Waals surface area contributed by atoms with Crippen LogP contribution in [0.5, 0.6) is 5.75 Å². The Morgan fingerprint density at radius 1 is 1.37 bits per heavy atom. The number of hydrogen-bond acceptors (Lipinski definition) is 3. The summed E-state index contributed by atoms with van der Waals surface area (Å²) in [5, 5.41) is 3.14. The zero-order valence-electron chi connectivity index (χ0n) is 10.7. The lowest BCUT2D eigenvalue weighted by Crippen LogP contribution is -2.48. The van der Waals surface area contributed by atoms with Gasteiger partial charge in [0, 0.05) is 6.54 Å². The molecule has 5 nitrogen and oxygen atoms in total. The molecule has 0 aliphatic carbocycles. The van der Waals surface area contributed by atoms with Gasteiger partial charge in [-0.3, -0.25) is 15.6 Å². The molecule has 0 heterocycles. The van der Waals surface area contributed by atoms with Gasteiger partial charge in [-0.05, 0) is 31.3 Å². The minimum atomic E-state index is -0.316. The van der Waals surface area contributed by atoms with Crippen molar-refractivity contribution in [2.75, 3.05) is 13.2 Å². The fourth-order valence-corrected chi connectivity index (χ4v) is 1.29. The Balaban J connectivity index is 2.22. The second-order valence-corrected chi connectivity index (χ2v) is 4.18. The van der Waals surface area contributed by atoms with Crippen LogP contribution in [-0.4, -0.2) is 24.2 Å². The molecule has 1 amide bonds. The second-order valence-electron chi connectivity index (χ2n) is 3.77. The van der Waals surface area contributed by atoms with Gasteiger partial charge >= 0.3 is 0 Å². The van der Waals surface area contributed by atoms with Crippen molar-refractivity contribution in [3.05, 3.63) is 42.5 Å². The molecule has 0 radical (unpaired) electrons. The highest BCUT2D eigenvalue weighted by atomic mass is 32.1. The molecule has 1 rings (SSSR count). The number of rotatable bonds is 5. The zero-order chi connectivity index (χ0) is 14.1. The van der Waals surface area contributed by atoms with Crippen molar-refractivity contribution in [2.45, 2.75) is 6.92 Å². The molecule has 0 aliphatic heterocycles. The lowest BCUT2D eigenvalue weighted by atomic mass is 10.2. The fraction of sp³-hybridized carbons (Fsp3) is 0.231. The highest BCUT2D eigenvalue weighted by Gasteiger charge is 2.02. The molecular formula is C13H17N3O2S. The first-order valence-electron chi connectivity index (χ1n) is 5.75. The van der Waals surface area contributed by atoms with E-state index in [2.05, 4.69) is 22.7 Å². The van der Waals surface area contributed by atoms with Crippen LogP contribution in [0.4, 0.5) is 0 Å². The zero-order valence-corrected chi connectivity index (χ0v) is 11.5. The summed E-state index contributed by atoms with van der Waals surface area (Å²) in [4.78, 5) is 11.5. The van der Waals surface area contributed by atoms with Crippen LogP contribution in [-0.2, 0) is 4.79 Å². The molecule has 19 heavy (non-hydrogen) atoms. The minimum absolute atomic E-state index is 0.0832. The van der Waals surface area contributed by atoms with Gasteiger partial charge in [0.1, 0.15) is 5.75 Å². The molecule has 3 N–H and O–H groups in total. The van der Waals surface area contributed by atoms with E-state index in [-0.39, 0.29) is 12.5 Å². The summed E-state index contributed by atoms with van der Waals surface area (Å²) in [5.74, 6) is 0.330. The monoisotopic (exact) mass is 279 g/mol. The summed E-state index contributed by atoms with van der Waals surface area (Å²) in [7, 11) is 0. The van der Waals surface area contributed by atoms with E-state index in [1.807, 2.05) is 31.2 Å². The number of benzene rings is 1. The smallest absolute Gasteiger partial charge is 0.276 e. The minimum Gasteiger partial charge on any atom is -0.484 e. The highest BCUT2D eigenvalue weighted by molar-refractivity contribution is 7.80. The summed E-state index contributed by atoms with van der Waals surface area (Å²) in [6.45, 7) is 5.97. The first kappa shape index (κ1) is 15.0. The van der Waals surface area contributed by atoms with Crippen LogP contribution >= 0.6 is 12.2 Å². The molecule has 0 unspecified atom stereocenters. The van der Waals surface area contributed by atoms with Gasteiger partial charge in [0.2, 0.25) is 0 Å². The van der Waals surface area contributed by atoms with Crippen molar-refractivity contribution >= 4 is 23.2 Å². The van der Waals surface area contributed by atoms with Gasteiger partial charge in [-0.2, -0.15) is 0 Å².